The lowest BCUT2D eigenvalue weighted by molar-refractivity contribution is -0.128. The first-order valence-corrected chi connectivity index (χ1v) is 16.2. The number of rotatable bonds is 19. The van der Waals surface area contributed by atoms with Crippen LogP contribution in [0.4, 0.5) is 0 Å². The van der Waals surface area contributed by atoms with E-state index >= 15 is 0 Å². The SMILES string of the molecule is COCCCOc1cc(CC(CC(N)C(O)CC(C(=O)NC2CCN(CC(C)C)CC2)C(C)C)C(C)C)ccc1OC. The molecular formula is C34H61N3O5. The summed E-state index contributed by atoms with van der Waals surface area (Å²) in [5, 5.41) is 14.5. The lowest BCUT2D eigenvalue weighted by Gasteiger charge is -2.35. The molecule has 1 saturated heterocycles. The normalized spacial score (nSPS) is 17.8. The van der Waals surface area contributed by atoms with E-state index in [-0.39, 0.29) is 29.7 Å². The van der Waals surface area contributed by atoms with E-state index in [2.05, 4.69) is 63.9 Å². The van der Waals surface area contributed by atoms with Crippen molar-refractivity contribution in [2.75, 3.05) is 47.1 Å². The molecule has 8 heteroatoms. The van der Waals surface area contributed by atoms with E-state index in [9.17, 15) is 9.90 Å². The number of nitrogens with one attached hydrogen (secondary N) is 1. The molecule has 4 N–H and O–H groups in total. The van der Waals surface area contributed by atoms with Crippen molar-refractivity contribution >= 4 is 5.91 Å². The predicted molar refractivity (Wildman–Crippen MR) is 171 cm³/mol. The predicted octanol–water partition coefficient (Wildman–Crippen LogP) is 4.90. The molecule has 4 atom stereocenters. The van der Waals surface area contributed by atoms with Crippen molar-refractivity contribution < 1.29 is 24.1 Å². The van der Waals surface area contributed by atoms with E-state index in [0.29, 0.717) is 43.6 Å². The van der Waals surface area contributed by atoms with Crippen LogP contribution in [-0.4, -0.2) is 81.2 Å². The van der Waals surface area contributed by atoms with E-state index < -0.39 is 12.1 Å². The molecule has 2 rings (SSSR count). The summed E-state index contributed by atoms with van der Waals surface area (Å²) in [6.45, 7) is 17.4. The van der Waals surface area contributed by atoms with Gasteiger partial charge in [0, 0.05) is 57.8 Å². The van der Waals surface area contributed by atoms with Gasteiger partial charge in [0.1, 0.15) is 0 Å². The van der Waals surface area contributed by atoms with Gasteiger partial charge in [-0.05, 0) is 73.5 Å². The van der Waals surface area contributed by atoms with Gasteiger partial charge in [0.2, 0.25) is 5.91 Å². The van der Waals surface area contributed by atoms with Crippen molar-refractivity contribution in [3.63, 3.8) is 0 Å². The highest BCUT2D eigenvalue weighted by atomic mass is 16.5. The lowest BCUT2D eigenvalue weighted by Crippen LogP contribution is -2.48. The Morgan fingerprint density at radius 2 is 1.71 bits per heavy atom. The number of hydrogen-bond acceptors (Lipinski definition) is 7. The number of benzene rings is 1. The fraction of sp³-hybridized carbons (Fsp3) is 0.794. The average molecular weight is 592 g/mol. The Bertz CT molecular complexity index is 901. The van der Waals surface area contributed by atoms with Crippen LogP contribution in [0.5, 0.6) is 11.5 Å². The van der Waals surface area contributed by atoms with Gasteiger partial charge >= 0.3 is 0 Å². The maximum absolute atomic E-state index is 13.3. The molecule has 0 bridgehead atoms. The van der Waals surface area contributed by atoms with Crippen LogP contribution >= 0.6 is 0 Å². The summed E-state index contributed by atoms with van der Waals surface area (Å²) in [7, 11) is 3.33. The minimum atomic E-state index is -0.743. The number of aliphatic hydroxyl groups excluding tert-OH is 1. The standard InChI is InChI=1S/C34H61N3O5/c1-23(2)22-37-14-12-28(13-15-37)36-34(39)29(25(5)6)21-31(38)30(35)20-27(24(3)4)18-26-10-11-32(41-8)33(19-26)42-17-9-16-40-7/h10-11,19,23-25,27-31,38H,9,12-18,20-22,35H2,1-8H3,(H,36,39). The molecule has 0 spiro atoms. The van der Waals surface area contributed by atoms with Crippen molar-refractivity contribution in [3.05, 3.63) is 23.8 Å². The zero-order valence-corrected chi connectivity index (χ0v) is 27.7. The fourth-order valence-corrected chi connectivity index (χ4v) is 5.95. The molecule has 1 aliphatic rings. The van der Waals surface area contributed by atoms with Crippen molar-refractivity contribution in [2.24, 2.45) is 35.3 Å². The van der Waals surface area contributed by atoms with Crippen LogP contribution < -0.4 is 20.5 Å². The van der Waals surface area contributed by atoms with Gasteiger partial charge in [-0.15, -0.1) is 0 Å². The molecule has 1 aliphatic heterocycles. The number of ether oxygens (including phenoxy) is 3. The van der Waals surface area contributed by atoms with Gasteiger partial charge in [-0.2, -0.15) is 0 Å². The summed E-state index contributed by atoms with van der Waals surface area (Å²) in [5.74, 6) is 2.65. The Labute approximate surface area is 256 Å². The number of nitrogens with zero attached hydrogens (tertiary/aromatic N) is 1. The summed E-state index contributed by atoms with van der Waals surface area (Å²) >= 11 is 0. The van der Waals surface area contributed by atoms with Crippen LogP contribution in [0.1, 0.15) is 79.2 Å². The monoisotopic (exact) mass is 591 g/mol. The average Bonchev–Trinajstić information content (AvgIpc) is 2.94. The minimum absolute atomic E-state index is 0.0511. The molecule has 0 radical (unpaired) electrons. The van der Waals surface area contributed by atoms with Crippen LogP contribution in [0.2, 0.25) is 0 Å². The number of hydrogen-bond donors (Lipinski definition) is 3. The molecule has 1 amide bonds. The fourth-order valence-electron chi connectivity index (χ4n) is 5.95. The number of methoxy groups -OCH3 is 2. The smallest absolute Gasteiger partial charge is 0.223 e. The van der Waals surface area contributed by atoms with Crippen molar-refractivity contribution in [1.29, 1.82) is 0 Å². The van der Waals surface area contributed by atoms with Gasteiger partial charge in [0.05, 0.1) is 19.8 Å². The minimum Gasteiger partial charge on any atom is -0.493 e. The zero-order valence-electron chi connectivity index (χ0n) is 27.7. The van der Waals surface area contributed by atoms with Crippen LogP contribution in [0, 0.1) is 29.6 Å². The second kappa shape index (κ2) is 18.7. The van der Waals surface area contributed by atoms with Gasteiger partial charge < -0.3 is 35.3 Å². The number of nitrogens with two attached hydrogens (primary N) is 1. The second-order valence-electron chi connectivity index (χ2n) is 13.4. The molecule has 1 fully saturated rings. The number of piperidine rings is 1. The maximum atomic E-state index is 13.3. The summed E-state index contributed by atoms with van der Waals surface area (Å²) in [4.78, 5) is 15.8. The topological polar surface area (TPSA) is 106 Å². The largest absolute Gasteiger partial charge is 0.493 e. The molecule has 1 heterocycles. The van der Waals surface area contributed by atoms with Crippen molar-refractivity contribution in [3.8, 4) is 11.5 Å². The van der Waals surface area contributed by atoms with Crippen LogP contribution in [0.25, 0.3) is 0 Å². The number of likely N-dealkylation sites (tertiary alicyclic amines) is 1. The van der Waals surface area contributed by atoms with E-state index in [0.717, 1.165) is 56.6 Å². The molecule has 0 saturated carbocycles. The molecule has 42 heavy (non-hydrogen) atoms. The van der Waals surface area contributed by atoms with Crippen molar-refractivity contribution in [1.82, 2.24) is 10.2 Å². The third kappa shape index (κ3) is 12.4. The summed E-state index contributed by atoms with van der Waals surface area (Å²) in [6, 6.07) is 5.87. The van der Waals surface area contributed by atoms with E-state index in [1.807, 2.05) is 6.07 Å². The molecule has 242 valence electrons. The Hall–Kier alpha value is -1.87. The number of aliphatic hydroxyl groups is 1. The second-order valence-corrected chi connectivity index (χ2v) is 13.4. The molecule has 1 aromatic carbocycles. The third-order valence-corrected chi connectivity index (χ3v) is 8.68. The lowest BCUT2D eigenvalue weighted by atomic mass is 9.80. The third-order valence-electron chi connectivity index (χ3n) is 8.68. The van der Waals surface area contributed by atoms with Gasteiger partial charge in [0.15, 0.2) is 11.5 Å². The summed E-state index contributed by atoms with van der Waals surface area (Å²) in [5.41, 5.74) is 7.77. The van der Waals surface area contributed by atoms with Crippen molar-refractivity contribution in [2.45, 2.75) is 98.3 Å². The van der Waals surface area contributed by atoms with Crippen LogP contribution in [-0.2, 0) is 16.0 Å². The Balaban J connectivity index is 1.96. The first kappa shape index (κ1) is 36.3. The summed E-state index contributed by atoms with van der Waals surface area (Å²) < 4.78 is 16.6. The highest BCUT2D eigenvalue weighted by Gasteiger charge is 2.31. The number of carbonyl (C=O) groups is 1. The molecule has 0 aromatic heterocycles. The number of amides is 1. The van der Waals surface area contributed by atoms with E-state index in [4.69, 9.17) is 19.9 Å². The zero-order chi connectivity index (χ0) is 31.2. The van der Waals surface area contributed by atoms with Gasteiger partial charge in [-0.1, -0.05) is 47.6 Å². The van der Waals surface area contributed by atoms with Crippen LogP contribution in [0.3, 0.4) is 0 Å². The first-order chi connectivity index (χ1) is 19.9. The van der Waals surface area contributed by atoms with Gasteiger partial charge in [0.25, 0.3) is 0 Å². The Morgan fingerprint density at radius 1 is 1.02 bits per heavy atom. The quantitative estimate of drug-likeness (QED) is 0.197. The Morgan fingerprint density at radius 3 is 2.29 bits per heavy atom. The highest BCUT2D eigenvalue weighted by Crippen LogP contribution is 2.32. The molecule has 0 aliphatic carbocycles. The Kier molecular flexibility index (Phi) is 16.2. The maximum Gasteiger partial charge on any atom is 0.223 e. The molecular weight excluding hydrogens is 530 g/mol. The van der Waals surface area contributed by atoms with Crippen LogP contribution in [0.15, 0.2) is 18.2 Å². The first-order valence-electron chi connectivity index (χ1n) is 16.2. The van der Waals surface area contributed by atoms with E-state index in [1.165, 1.54) is 0 Å². The van der Waals surface area contributed by atoms with Gasteiger partial charge in [-0.3, -0.25) is 4.79 Å². The molecule has 4 unspecified atom stereocenters. The molecule has 1 aromatic rings. The summed E-state index contributed by atoms with van der Waals surface area (Å²) in [6.07, 6.45) is 3.89. The highest BCUT2D eigenvalue weighted by molar-refractivity contribution is 5.79. The number of carbonyl (C=O) groups excluding carboxylic acids is 1. The molecule has 8 nitrogen and oxygen atoms in total. The van der Waals surface area contributed by atoms with E-state index in [1.54, 1.807) is 14.2 Å². The van der Waals surface area contributed by atoms with Gasteiger partial charge in [-0.25, -0.2) is 0 Å².